The van der Waals surface area contributed by atoms with Crippen molar-refractivity contribution < 1.29 is 0 Å². The molecule has 0 aliphatic carbocycles. The number of nitrogens with two attached hydrogens (primary N) is 1. The van der Waals surface area contributed by atoms with Crippen LogP contribution in [0.15, 0.2) is 24.3 Å². The molecule has 100 valence electrons. The zero-order valence-electron chi connectivity index (χ0n) is 9.35. The highest BCUT2D eigenvalue weighted by molar-refractivity contribution is 6.40. The number of para-hydroxylation sites is 1. The number of rotatable bonds is 3. The van der Waals surface area contributed by atoms with E-state index in [2.05, 4.69) is 15.7 Å². The van der Waals surface area contributed by atoms with Crippen molar-refractivity contribution in [1.82, 2.24) is 4.98 Å². The average Bonchev–Trinajstić information content (AvgIpc) is 2.36. The number of hydrazine groups is 1. The van der Waals surface area contributed by atoms with Gasteiger partial charge in [-0.2, -0.15) is 0 Å². The van der Waals surface area contributed by atoms with Gasteiger partial charge in [0.1, 0.15) is 0 Å². The Kier molecular flexibility index (Phi) is 4.60. The summed E-state index contributed by atoms with van der Waals surface area (Å²) in [6.45, 7) is 0. The molecule has 0 aliphatic rings. The van der Waals surface area contributed by atoms with Gasteiger partial charge in [0.15, 0.2) is 11.6 Å². The first-order chi connectivity index (χ1) is 9.02. The highest BCUT2D eigenvalue weighted by atomic mass is 35.5. The Labute approximate surface area is 129 Å². The molecule has 4 nitrogen and oxygen atoms in total. The minimum absolute atomic E-state index is 0.289. The molecule has 2 aromatic rings. The summed E-state index contributed by atoms with van der Waals surface area (Å²) in [5.41, 5.74) is 2.88. The third-order valence-electron chi connectivity index (χ3n) is 2.27. The standard InChI is InChI=1S/C11H8Cl4N4/c12-5-2-1-3-6(13)9(5)17-10-7(14)4-8(15)11(18-10)19-16/h1-4H,16H2,(H2,17,18,19). The van der Waals surface area contributed by atoms with E-state index in [0.29, 0.717) is 31.6 Å². The molecule has 0 unspecified atom stereocenters. The van der Waals surface area contributed by atoms with Gasteiger partial charge in [-0.1, -0.05) is 52.5 Å². The number of hydrogen-bond donors (Lipinski definition) is 3. The molecule has 0 spiro atoms. The molecule has 19 heavy (non-hydrogen) atoms. The topological polar surface area (TPSA) is 63.0 Å². The molecule has 0 amide bonds. The Bertz CT molecular complexity index is 598. The first-order valence-electron chi connectivity index (χ1n) is 5.06. The number of aromatic nitrogens is 1. The predicted molar refractivity (Wildman–Crippen MR) is 81.8 cm³/mol. The highest BCUT2D eigenvalue weighted by Crippen LogP contribution is 2.36. The zero-order valence-corrected chi connectivity index (χ0v) is 12.4. The summed E-state index contributed by atoms with van der Waals surface area (Å²) in [5, 5.41) is 4.47. The van der Waals surface area contributed by atoms with E-state index >= 15 is 0 Å². The predicted octanol–water partition coefficient (Wildman–Crippen LogP) is 4.72. The fourth-order valence-electron chi connectivity index (χ4n) is 1.39. The van der Waals surface area contributed by atoms with Crippen LogP contribution in [0.1, 0.15) is 0 Å². The molecule has 8 heteroatoms. The maximum absolute atomic E-state index is 6.05. The molecular formula is C11H8Cl4N4. The molecule has 0 radical (unpaired) electrons. The number of benzene rings is 1. The Hall–Kier alpha value is -0.910. The van der Waals surface area contributed by atoms with Crippen molar-refractivity contribution in [3.05, 3.63) is 44.4 Å². The monoisotopic (exact) mass is 336 g/mol. The maximum Gasteiger partial charge on any atom is 0.161 e. The lowest BCUT2D eigenvalue weighted by Gasteiger charge is -2.12. The summed E-state index contributed by atoms with van der Waals surface area (Å²) < 4.78 is 0. The van der Waals surface area contributed by atoms with Gasteiger partial charge in [-0.25, -0.2) is 10.8 Å². The Balaban J connectivity index is 2.44. The third-order valence-corrected chi connectivity index (χ3v) is 3.48. The van der Waals surface area contributed by atoms with Crippen LogP contribution in [-0.4, -0.2) is 4.98 Å². The van der Waals surface area contributed by atoms with E-state index in [1.165, 1.54) is 6.07 Å². The number of nitrogens with zero attached hydrogens (tertiary/aromatic N) is 1. The Morgan fingerprint density at radius 2 is 1.47 bits per heavy atom. The van der Waals surface area contributed by atoms with Crippen molar-refractivity contribution in [3.63, 3.8) is 0 Å². The number of hydrogen-bond acceptors (Lipinski definition) is 4. The second-order valence-electron chi connectivity index (χ2n) is 3.52. The molecule has 0 bridgehead atoms. The number of pyridine rings is 1. The van der Waals surface area contributed by atoms with E-state index in [0.717, 1.165) is 0 Å². The largest absolute Gasteiger partial charge is 0.336 e. The number of anilines is 3. The van der Waals surface area contributed by atoms with Crippen LogP contribution >= 0.6 is 46.4 Å². The van der Waals surface area contributed by atoms with Crippen LogP contribution in [0.25, 0.3) is 0 Å². The summed E-state index contributed by atoms with van der Waals surface area (Å²) in [6, 6.07) is 6.64. The SMILES string of the molecule is NNc1nc(Nc2c(Cl)cccc2Cl)c(Cl)cc1Cl. The van der Waals surface area contributed by atoms with Crippen molar-refractivity contribution in [1.29, 1.82) is 0 Å². The van der Waals surface area contributed by atoms with Gasteiger partial charge in [0, 0.05) is 0 Å². The molecule has 0 fully saturated rings. The van der Waals surface area contributed by atoms with Crippen LogP contribution in [0.3, 0.4) is 0 Å². The van der Waals surface area contributed by atoms with Gasteiger partial charge in [-0.3, -0.25) is 0 Å². The first-order valence-corrected chi connectivity index (χ1v) is 6.58. The minimum Gasteiger partial charge on any atom is -0.336 e. The molecule has 0 saturated carbocycles. The van der Waals surface area contributed by atoms with Crippen LogP contribution in [0.4, 0.5) is 17.3 Å². The van der Waals surface area contributed by atoms with Gasteiger partial charge in [0.2, 0.25) is 0 Å². The fourth-order valence-corrected chi connectivity index (χ4v) is 2.34. The summed E-state index contributed by atoms with van der Waals surface area (Å²) in [7, 11) is 0. The molecule has 0 saturated heterocycles. The Morgan fingerprint density at radius 1 is 0.895 bits per heavy atom. The van der Waals surface area contributed by atoms with E-state index in [1.807, 2.05) is 0 Å². The van der Waals surface area contributed by atoms with Crippen molar-refractivity contribution in [2.75, 3.05) is 10.7 Å². The third kappa shape index (κ3) is 3.16. The maximum atomic E-state index is 6.05. The van der Waals surface area contributed by atoms with Gasteiger partial charge in [-0.15, -0.1) is 0 Å². The minimum atomic E-state index is 0.289. The summed E-state index contributed by atoms with van der Waals surface area (Å²) in [4.78, 5) is 4.14. The molecule has 1 heterocycles. The summed E-state index contributed by atoms with van der Waals surface area (Å²) in [5.74, 6) is 5.93. The number of halogens is 4. The van der Waals surface area contributed by atoms with E-state index in [1.54, 1.807) is 18.2 Å². The van der Waals surface area contributed by atoms with Crippen molar-refractivity contribution in [2.45, 2.75) is 0 Å². The van der Waals surface area contributed by atoms with Crippen LogP contribution in [0.5, 0.6) is 0 Å². The van der Waals surface area contributed by atoms with Gasteiger partial charge in [-0.05, 0) is 18.2 Å². The molecule has 2 rings (SSSR count). The Morgan fingerprint density at radius 3 is 2.05 bits per heavy atom. The van der Waals surface area contributed by atoms with Crippen molar-refractivity contribution in [2.24, 2.45) is 5.84 Å². The van der Waals surface area contributed by atoms with Crippen LogP contribution in [0, 0.1) is 0 Å². The summed E-state index contributed by atoms with van der Waals surface area (Å²) >= 11 is 24.1. The first kappa shape index (κ1) is 14.5. The van der Waals surface area contributed by atoms with Crippen molar-refractivity contribution >= 4 is 63.7 Å². The lowest BCUT2D eigenvalue weighted by atomic mass is 10.3. The smallest absolute Gasteiger partial charge is 0.161 e. The van der Waals surface area contributed by atoms with Gasteiger partial charge in [0.25, 0.3) is 0 Å². The van der Waals surface area contributed by atoms with E-state index in [9.17, 15) is 0 Å². The van der Waals surface area contributed by atoms with Gasteiger partial charge >= 0.3 is 0 Å². The second-order valence-corrected chi connectivity index (χ2v) is 5.14. The van der Waals surface area contributed by atoms with Crippen LogP contribution in [0.2, 0.25) is 20.1 Å². The molecule has 0 aliphatic heterocycles. The van der Waals surface area contributed by atoms with E-state index in [4.69, 9.17) is 52.2 Å². The van der Waals surface area contributed by atoms with Gasteiger partial charge < -0.3 is 10.7 Å². The lowest BCUT2D eigenvalue weighted by Crippen LogP contribution is -2.10. The number of nitrogen functional groups attached to an aromatic ring is 1. The van der Waals surface area contributed by atoms with E-state index < -0.39 is 0 Å². The number of nitrogens with one attached hydrogen (secondary N) is 2. The van der Waals surface area contributed by atoms with Crippen LogP contribution in [-0.2, 0) is 0 Å². The highest BCUT2D eigenvalue weighted by Gasteiger charge is 2.12. The normalized spacial score (nSPS) is 10.4. The van der Waals surface area contributed by atoms with E-state index in [-0.39, 0.29) is 5.82 Å². The molecule has 1 aromatic heterocycles. The summed E-state index contributed by atoms with van der Waals surface area (Å²) in [6.07, 6.45) is 0. The molecule has 1 aromatic carbocycles. The second kappa shape index (κ2) is 6.03. The van der Waals surface area contributed by atoms with Gasteiger partial charge in [0.05, 0.1) is 25.8 Å². The molecule has 0 atom stereocenters. The fraction of sp³-hybridized carbons (Fsp3) is 0. The van der Waals surface area contributed by atoms with Crippen LogP contribution < -0.4 is 16.6 Å². The average molecular weight is 338 g/mol. The zero-order chi connectivity index (χ0) is 14.0. The molecule has 4 N–H and O–H groups in total. The lowest BCUT2D eigenvalue weighted by molar-refractivity contribution is 1.22. The quantitative estimate of drug-likeness (QED) is 0.560. The molecular weight excluding hydrogens is 330 g/mol. The van der Waals surface area contributed by atoms with Crippen molar-refractivity contribution in [3.8, 4) is 0 Å².